The molecule has 0 radical (unpaired) electrons. The van der Waals surface area contributed by atoms with E-state index < -0.39 is 0 Å². The molecule has 5 nitrogen and oxygen atoms in total. The summed E-state index contributed by atoms with van der Waals surface area (Å²) in [4.78, 5) is 12.0. The third kappa shape index (κ3) is 5.66. The van der Waals surface area contributed by atoms with Crippen LogP contribution in [0.5, 0.6) is 0 Å². The molecule has 1 amide bonds. The maximum absolute atomic E-state index is 12.0. The summed E-state index contributed by atoms with van der Waals surface area (Å²) in [5.41, 5.74) is 3.42. The van der Waals surface area contributed by atoms with Gasteiger partial charge in [-0.1, -0.05) is 35.9 Å². The lowest BCUT2D eigenvalue weighted by molar-refractivity contribution is -0.121. The van der Waals surface area contributed by atoms with Crippen LogP contribution in [0.1, 0.15) is 29.9 Å². The molecule has 0 fully saturated rings. The first-order chi connectivity index (χ1) is 13.1. The molecule has 0 aliphatic carbocycles. The van der Waals surface area contributed by atoms with Crippen LogP contribution in [0.3, 0.4) is 0 Å². The van der Waals surface area contributed by atoms with Crippen LogP contribution >= 0.6 is 11.6 Å². The van der Waals surface area contributed by atoms with E-state index in [1.54, 1.807) is 12.1 Å². The van der Waals surface area contributed by atoms with Crippen molar-refractivity contribution in [1.82, 2.24) is 15.5 Å². The number of nitrogens with one attached hydrogen (secondary N) is 1. The maximum Gasteiger partial charge on any atom is 0.247 e. The fourth-order valence-electron chi connectivity index (χ4n) is 2.77. The van der Waals surface area contributed by atoms with Crippen molar-refractivity contribution >= 4 is 17.5 Å². The Kier molecular flexibility index (Phi) is 6.60. The van der Waals surface area contributed by atoms with Crippen molar-refractivity contribution in [3.63, 3.8) is 0 Å². The van der Waals surface area contributed by atoms with E-state index in [9.17, 15) is 4.79 Å². The van der Waals surface area contributed by atoms with E-state index in [-0.39, 0.29) is 5.91 Å². The van der Waals surface area contributed by atoms with Crippen LogP contribution in [-0.2, 0) is 17.6 Å². The molecular formula is C21H22ClN3O2. The van der Waals surface area contributed by atoms with E-state index in [4.69, 9.17) is 16.0 Å². The first-order valence-corrected chi connectivity index (χ1v) is 9.39. The Morgan fingerprint density at radius 1 is 1.07 bits per heavy atom. The van der Waals surface area contributed by atoms with E-state index in [1.165, 1.54) is 11.1 Å². The lowest BCUT2D eigenvalue weighted by Crippen LogP contribution is -2.25. The number of nitrogens with zero attached hydrogens (tertiary/aromatic N) is 2. The Morgan fingerprint density at radius 3 is 2.63 bits per heavy atom. The maximum atomic E-state index is 12.0. The van der Waals surface area contributed by atoms with Gasteiger partial charge in [0.25, 0.3) is 0 Å². The third-order valence-corrected chi connectivity index (χ3v) is 4.58. The van der Waals surface area contributed by atoms with E-state index in [0.717, 1.165) is 18.4 Å². The lowest BCUT2D eigenvalue weighted by atomic mass is 10.0. The van der Waals surface area contributed by atoms with Crippen molar-refractivity contribution in [1.29, 1.82) is 0 Å². The van der Waals surface area contributed by atoms with E-state index >= 15 is 0 Å². The van der Waals surface area contributed by atoms with Crippen LogP contribution in [0.2, 0.25) is 5.02 Å². The van der Waals surface area contributed by atoms with Gasteiger partial charge in [0, 0.05) is 30.0 Å². The summed E-state index contributed by atoms with van der Waals surface area (Å²) in [6, 6.07) is 15.5. The highest BCUT2D eigenvalue weighted by molar-refractivity contribution is 6.30. The van der Waals surface area contributed by atoms with Crippen molar-refractivity contribution in [3.05, 3.63) is 70.6 Å². The van der Waals surface area contributed by atoms with Crippen molar-refractivity contribution in [2.75, 3.05) is 6.54 Å². The standard InChI is InChI=1S/C21H22ClN3O2/c1-15-5-2-3-6-16(15)7-4-14-23-19(26)12-13-20-24-25-21(27-20)17-8-10-18(22)11-9-17/h2-3,5-6,8-11H,4,7,12-14H2,1H3,(H,23,26). The zero-order valence-electron chi connectivity index (χ0n) is 15.2. The van der Waals surface area contributed by atoms with E-state index in [1.807, 2.05) is 24.3 Å². The summed E-state index contributed by atoms with van der Waals surface area (Å²) < 4.78 is 5.61. The molecule has 0 bridgehead atoms. The molecule has 3 rings (SSSR count). The van der Waals surface area contributed by atoms with Crippen LogP contribution in [0.15, 0.2) is 52.9 Å². The molecule has 6 heteroatoms. The fourth-order valence-corrected chi connectivity index (χ4v) is 2.90. The number of aryl methyl sites for hydroxylation is 3. The van der Waals surface area contributed by atoms with Gasteiger partial charge in [0.15, 0.2) is 0 Å². The van der Waals surface area contributed by atoms with Gasteiger partial charge in [-0.2, -0.15) is 0 Å². The molecule has 0 unspecified atom stereocenters. The molecule has 1 heterocycles. The average Bonchev–Trinajstić information content (AvgIpc) is 3.14. The van der Waals surface area contributed by atoms with Gasteiger partial charge in [0.05, 0.1) is 0 Å². The quantitative estimate of drug-likeness (QED) is 0.586. The first-order valence-electron chi connectivity index (χ1n) is 9.01. The summed E-state index contributed by atoms with van der Waals surface area (Å²) >= 11 is 5.87. The zero-order valence-corrected chi connectivity index (χ0v) is 16.0. The van der Waals surface area contributed by atoms with Crippen LogP contribution in [-0.4, -0.2) is 22.6 Å². The number of hydrogen-bond acceptors (Lipinski definition) is 4. The molecule has 0 spiro atoms. The highest BCUT2D eigenvalue weighted by Crippen LogP contribution is 2.20. The first kappa shape index (κ1) is 19.1. The van der Waals surface area contributed by atoms with Gasteiger partial charge in [-0.15, -0.1) is 10.2 Å². The van der Waals surface area contributed by atoms with E-state index in [0.29, 0.717) is 36.2 Å². The van der Waals surface area contributed by atoms with Gasteiger partial charge in [0.2, 0.25) is 17.7 Å². The summed E-state index contributed by atoms with van der Waals surface area (Å²) in [6.07, 6.45) is 2.62. The Hall–Kier alpha value is -2.66. The van der Waals surface area contributed by atoms with Crippen molar-refractivity contribution in [2.45, 2.75) is 32.6 Å². The van der Waals surface area contributed by atoms with Gasteiger partial charge in [0.1, 0.15) is 0 Å². The molecule has 0 aliphatic heterocycles. The number of benzene rings is 2. The average molecular weight is 384 g/mol. The Balaban J connectivity index is 1.39. The Labute approximate surface area is 163 Å². The van der Waals surface area contributed by atoms with Crippen LogP contribution < -0.4 is 5.32 Å². The van der Waals surface area contributed by atoms with Gasteiger partial charge < -0.3 is 9.73 Å². The molecule has 3 aromatic rings. The summed E-state index contributed by atoms with van der Waals surface area (Å²) in [5.74, 6) is 0.876. The van der Waals surface area contributed by atoms with Crippen LogP contribution in [0.4, 0.5) is 0 Å². The van der Waals surface area contributed by atoms with Crippen molar-refractivity contribution in [3.8, 4) is 11.5 Å². The van der Waals surface area contributed by atoms with Crippen molar-refractivity contribution < 1.29 is 9.21 Å². The molecular weight excluding hydrogens is 362 g/mol. The molecule has 27 heavy (non-hydrogen) atoms. The predicted molar refractivity (Wildman–Crippen MR) is 106 cm³/mol. The molecule has 1 N–H and O–H groups in total. The fraction of sp³-hybridized carbons (Fsp3) is 0.286. The second-order valence-electron chi connectivity index (χ2n) is 6.39. The molecule has 1 aromatic heterocycles. The van der Waals surface area contributed by atoms with Gasteiger partial charge in [-0.05, 0) is 55.2 Å². The van der Waals surface area contributed by atoms with Gasteiger partial charge in [-0.3, -0.25) is 4.79 Å². The minimum atomic E-state index is -0.00831. The predicted octanol–water partition coefficient (Wildman–Crippen LogP) is 4.38. The Bertz CT molecular complexity index is 890. The minimum Gasteiger partial charge on any atom is -0.421 e. The largest absolute Gasteiger partial charge is 0.421 e. The SMILES string of the molecule is Cc1ccccc1CCCNC(=O)CCc1nnc(-c2ccc(Cl)cc2)o1. The highest BCUT2D eigenvalue weighted by atomic mass is 35.5. The lowest BCUT2D eigenvalue weighted by Gasteiger charge is -2.06. The molecule has 2 aromatic carbocycles. The summed E-state index contributed by atoms with van der Waals surface area (Å²) in [6.45, 7) is 2.77. The molecule has 0 aliphatic rings. The Morgan fingerprint density at radius 2 is 1.85 bits per heavy atom. The number of amides is 1. The number of rotatable bonds is 8. The summed E-state index contributed by atoms with van der Waals surface area (Å²) in [7, 11) is 0. The minimum absolute atomic E-state index is 0.00831. The molecule has 0 saturated heterocycles. The van der Waals surface area contributed by atoms with Crippen LogP contribution in [0.25, 0.3) is 11.5 Å². The third-order valence-electron chi connectivity index (χ3n) is 4.33. The van der Waals surface area contributed by atoms with E-state index in [2.05, 4.69) is 34.6 Å². The molecule has 0 atom stereocenters. The molecule has 0 saturated carbocycles. The zero-order chi connectivity index (χ0) is 19.1. The monoisotopic (exact) mass is 383 g/mol. The second kappa shape index (κ2) is 9.33. The topological polar surface area (TPSA) is 68.0 Å². The number of carbonyl (C=O) groups is 1. The van der Waals surface area contributed by atoms with Crippen LogP contribution in [0, 0.1) is 6.92 Å². The normalized spacial score (nSPS) is 10.7. The number of hydrogen-bond donors (Lipinski definition) is 1. The molecule has 140 valence electrons. The van der Waals surface area contributed by atoms with Crippen molar-refractivity contribution in [2.24, 2.45) is 0 Å². The van der Waals surface area contributed by atoms with Gasteiger partial charge >= 0.3 is 0 Å². The number of aromatic nitrogens is 2. The highest BCUT2D eigenvalue weighted by Gasteiger charge is 2.10. The second-order valence-corrected chi connectivity index (χ2v) is 6.82. The number of halogens is 1. The number of carbonyl (C=O) groups excluding carboxylic acids is 1. The smallest absolute Gasteiger partial charge is 0.247 e. The van der Waals surface area contributed by atoms with Gasteiger partial charge in [-0.25, -0.2) is 0 Å². The summed E-state index contributed by atoms with van der Waals surface area (Å²) in [5, 5.41) is 11.6.